The number of amides is 1. The van der Waals surface area contributed by atoms with Crippen molar-refractivity contribution in [3.05, 3.63) is 105 Å². The fourth-order valence-corrected chi connectivity index (χ4v) is 5.90. The Balaban J connectivity index is 1.28. The molecule has 2 aliphatic heterocycles. The van der Waals surface area contributed by atoms with Crippen molar-refractivity contribution < 1.29 is 23.1 Å². The smallest absolute Gasteiger partial charge is 0.385 e. The predicted octanol–water partition coefficient (Wildman–Crippen LogP) is 7.40. The summed E-state index contributed by atoms with van der Waals surface area (Å²) in [5, 5.41) is 18.5. The van der Waals surface area contributed by atoms with Crippen LogP contribution in [0.2, 0.25) is 10.0 Å². The van der Waals surface area contributed by atoms with Crippen molar-refractivity contribution in [2.45, 2.75) is 42.6 Å². The number of nitrogens with zero attached hydrogens (tertiary/aromatic N) is 4. The Labute approximate surface area is 252 Å². The van der Waals surface area contributed by atoms with Crippen LogP contribution in [0.15, 0.2) is 83.0 Å². The molecule has 1 amide bonds. The topological polar surface area (TPSA) is 68.5 Å². The molecule has 0 bridgehead atoms. The molecular formula is C31H31Cl2F3N4O2. The summed E-state index contributed by atoms with van der Waals surface area (Å²) in [5.41, 5.74) is -1.68. The van der Waals surface area contributed by atoms with Gasteiger partial charge in [0.15, 0.2) is 0 Å². The molecule has 1 N–H and O–H groups in total. The molecule has 0 radical (unpaired) electrons. The Morgan fingerprint density at radius 1 is 0.976 bits per heavy atom. The van der Waals surface area contributed by atoms with Crippen LogP contribution in [-0.4, -0.2) is 60.2 Å². The SMILES string of the molecule is CN(CC(CCN1CCC(O)(c2ccccc2)CC1)c1ccc(Cl)c(Cl)c1)C(=O)c1cccc(C2(C(F)(F)F)N=N2)c1. The van der Waals surface area contributed by atoms with Crippen molar-refractivity contribution in [3.8, 4) is 0 Å². The number of halogens is 5. The second kappa shape index (κ2) is 12.0. The standard InChI is InChI=1S/C31H31Cl2F3N4O2/c1-39(28(41)22-6-5-9-25(18-22)30(37-38-30)31(34,35)36)20-23(21-10-11-26(32)27(33)19-21)12-15-40-16-13-29(42,14-17-40)24-7-3-2-4-8-24/h2-11,18-19,23,42H,12-17,20H2,1H3. The minimum absolute atomic E-state index is 0.123. The lowest BCUT2D eigenvalue weighted by Gasteiger charge is -2.39. The van der Waals surface area contributed by atoms with E-state index in [-0.39, 0.29) is 17.0 Å². The average Bonchev–Trinajstić information content (AvgIpc) is 3.80. The van der Waals surface area contributed by atoms with E-state index in [1.807, 2.05) is 36.4 Å². The van der Waals surface area contributed by atoms with Crippen LogP contribution in [0.1, 0.15) is 52.2 Å². The molecular weight excluding hydrogens is 588 g/mol. The Kier molecular flexibility index (Phi) is 8.67. The summed E-state index contributed by atoms with van der Waals surface area (Å²) >= 11 is 12.5. The maximum atomic E-state index is 13.5. The van der Waals surface area contributed by atoms with E-state index >= 15 is 0 Å². The molecule has 42 heavy (non-hydrogen) atoms. The molecule has 0 spiro atoms. The number of likely N-dealkylation sites (N-methyl/N-ethyl adjacent to an activating group) is 1. The Morgan fingerprint density at radius 2 is 1.64 bits per heavy atom. The highest BCUT2D eigenvalue weighted by molar-refractivity contribution is 6.42. The molecule has 5 rings (SSSR count). The van der Waals surface area contributed by atoms with Gasteiger partial charge in [-0.1, -0.05) is 71.7 Å². The summed E-state index contributed by atoms with van der Waals surface area (Å²) in [6.07, 6.45) is -2.76. The number of piperidine rings is 1. The van der Waals surface area contributed by atoms with E-state index in [1.54, 1.807) is 19.2 Å². The third kappa shape index (κ3) is 6.34. The van der Waals surface area contributed by atoms with Gasteiger partial charge >= 0.3 is 11.8 Å². The zero-order chi connectivity index (χ0) is 30.1. The summed E-state index contributed by atoms with van der Waals surface area (Å²) in [4.78, 5) is 17.2. The maximum Gasteiger partial charge on any atom is 0.442 e. The van der Waals surface area contributed by atoms with E-state index < -0.39 is 23.3 Å². The first-order chi connectivity index (χ1) is 19.9. The lowest BCUT2D eigenvalue weighted by molar-refractivity contribution is -0.166. The highest BCUT2D eigenvalue weighted by Crippen LogP contribution is 2.52. The molecule has 0 aromatic heterocycles. The Morgan fingerprint density at radius 3 is 2.26 bits per heavy atom. The predicted molar refractivity (Wildman–Crippen MR) is 156 cm³/mol. The third-order valence-electron chi connectivity index (χ3n) is 8.25. The number of aliphatic hydroxyl groups is 1. The number of hydrogen-bond acceptors (Lipinski definition) is 5. The summed E-state index contributed by atoms with van der Waals surface area (Å²) in [6, 6.07) is 20.5. The van der Waals surface area contributed by atoms with E-state index in [1.165, 1.54) is 29.2 Å². The van der Waals surface area contributed by atoms with Gasteiger partial charge in [0.1, 0.15) is 0 Å². The highest BCUT2D eigenvalue weighted by atomic mass is 35.5. The van der Waals surface area contributed by atoms with Gasteiger partial charge in [0.2, 0.25) is 0 Å². The minimum atomic E-state index is -4.68. The van der Waals surface area contributed by atoms with Gasteiger partial charge in [-0.15, -0.1) is 10.2 Å². The van der Waals surface area contributed by atoms with E-state index in [0.29, 0.717) is 35.9 Å². The molecule has 222 valence electrons. The molecule has 6 nitrogen and oxygen atoms in total. The van der Waals surface area contributed by atoms with Crippen LogP contribution >= 0.6 is 23.2 Å². The molecule has 2 heterocycles. The molecule has 3 aromatic carbocycles. The van der Waals surface area contributed by atoms with Crippen molar-refractivity contribution in [1.82, 2.24) is 9.80 Å². The van der Waals surface area contributed by atoms with Crippen LogP contribution in [0.4, 0.5) is 13.2 Å². The van der Waals surface area contributed by atoms with Gasteiger partial charge in [-0.05, 0) is 61.2 Å². The lowest BCUT2D eigenvalue weighted by Crippen LogP contribution is -2.43. The molecule has 2 aliphatic rings. The van der Waals surface area contributed by atoms with Gasteiger partial charge in [-0.2, -0.15) is 13.2 Å². The zero-order valence-corrected chi connectivity index (χ0v) is 24.5. The first-order valence-electron chi connectivity index (χ1n) is 13.7. The van der Waals surface area contributed by atoms with Crippen LogP contribution in [0.3, 0.4) is 0 Å². The van der Waals surface area contributed by atoms with Crippen molar-refractivity contribution in [2.24, 2.45) is 10.2 Å². The van der Waals surface area contributed by atoms with Crippen LogP contribution in [0.25, 0.3) is 0 Å². The van der Waals surface area contributed by atoms with Gasteiger partial charge < -0.3 is 14.9 Å². The molecule has 1 unspecified atom stereocenters. The van der Waals surface area contributed by atoms with Crippen LogP contribution in [-0.2, 0) is 11.3 Å². The quantitative estimate of drug-likeness (QED) is 0.272. The number of hydrogen-bond donors (Lipinski definition) is 1. The average molecular weight is 620 g/mol. The van der Waals surface area contributed by atoms with Gasteiger partial charge in [-0.25, -0.2) is 0 Å². The number of alkyl halides is 3. The zero-order valence-electron chi connectivity index (χ0n) is 23.0. The van der Waals surface area contributed by atoms with Crippen molar-refractivity contribution in [2.75, 3.05) is 33.2 Å². The largest absolute Gasteiger partial charge is 0.442 e. The molecule has 0 aliphatic carbocycles. The number of rotatable bonds is 9. The van der Waals surface area contributed by atoms with Crippen LogP contribution in [0.5, 0.6) is 0 Å². The maximum absolute atomic E-state index is 13.5. The molecule has 3 aromatic rings. The van der Waals surface area contributed by atoms with E-state index in [4.69, 9.17) is 23.2 Å². The molecule has 0 saturated carbocycles. The van der Waals surface area contributed by atoms with Crippen molar-refractivity contribution >= 4 is 29.1 Å². The van der Waals surface area contributed by atoms with Gasteiger partial charge in [0.05, 0.1) is 15.6 Å². The molecule has 1 atom stereocenters. The normalized spacial score (nSPS) is 18.5. The highest BCUT2D eigenvalue weighted by Gasteiger charge is 2.65. The molecule has 11 heteroatoms. The second-order valence-corrected chi connectivity index (χ2v) is 11.8. The summed E-state index contributed by atoms with van der Waals surface area (Å²) < 4.78 is 40.6. The Hall–Kier alpha value is -2.98. The first kappa shape index (κ1) is 30.5. The minimum Gasteiger partial charge on any atom is -0.385 e. The summed E-state index contributed by atoms with van der Waals surface area (Å²) in [7, 11) is 1.63. The Bertz CT molecular complexity index is 1450. The second-order valence-electron chi connectivity index (χ2n) is 11.0. The van der Waals surface area contributed by atoms with Gasteiger partial charge in [0.25, 0.3) is 5.91 Å². The van der Waals surface area contributed by atoms with Crippen molar-refractivity contribution in [1.29, 1.82) is 0 Å². The molecule has 1 fully saturated rings. The van der Waals surface area contributed by atoms with Crippen LogP contribution < -0.4 is 0 Å². The van der Waals surface area contributed by atoms with Gasteiger partial charge in [0, 0.05) is 43.7 Å². The van der Waals surface area contributed by atoms with Crippen LogP contribution in [0, 0.1) is 0 Å². The number of benzene rings is 3. The molecule has 1 saturated heterocycles. The number of likely N-dealkylation sites (tertiary alicyclic amines) is 1. The third-order valence-corrected chi connectivity index (χ3v) is 8.99. The monoisotopic (exact) mass is 618 g/mol. The fraction of sp³-hybridized carbons (Fsp3) is 0.387. The summed E-state index contributed by atoms with van der Waals surface area (Å²) in [5.74, 6) is -0.535. The summed E-state index contributed by atoms with van der Waals surface area (Å²) in [6.45, 7) is 2.47. The lowest BCUT2D eigenvalue weighted by atomic mass is 9.84. The first-order valence-corrected chi connectivity index (χ1v) is 14.5. The fourth-order valence-electron chi connectivity index (χ4n) is 5.60. The van der Waals surface area contributed by atoms with E-state index in [2.05, 4.69) is 15.1 Å². The van der Waals surface area contributed by atoms with E-state index in [9.17, 15) is 23.1 Å². The van der Waals surface area contributed by atoms with E-state index in [0.717, 1.165) is 30.8 Å². The van der Waals surface area contributed by atoms with Gasteiger partial charge in [-0.3, -0.25) is 4.79 Å². The van der Waals surface area contributed by atoms with Crippen molar-refractivity contribution in [3.63, 3.8) is 0 Å². The number of carbonyl (C=O) groups excluding carboxylic acids is 1. The number of carbonyl (C=O) groups is 1.